The maximum Gasteiger partial charge on any atom is 0.304 e. The van der Waals surface area contributed by atoms with Gasteiger partial charge in [0.15, 0.2) is 0 Å². The zero-order valence-corrected chi connectivity index (χ0v) is 11.0. The number of hydrogen-bond acceptors (Lipinski definition) is 3. The van der Waals surface area contributed by atoms with E-state index >= 15 is 0 Å². The highest BCUT2D eigenvalue weighted by atomic mass is 16.4. The molecule has 19 heavy (non-hydrogen) atoms. The zero-order chi connectivity index (χ0) is 13.7. The van der Waals surface area contributed by atoms with Gasteiger partial charge in [0.25, 0.3) is 0 Å². The Labute approximate surface area is 113 Å². The quantitative estimate of drug-likeness (QED) is 0.852. The maximum absolute atomic E-state index is 10.5. The van der Waals surface area contributed by atoms with Crippen LogP contribution < -0.4 is 0 Å². The van der Waals surface area contributed by atoms with Gasteiger partial charge in [0.05, 0.1) is 12.5 Å². The Morgan fingerprint density at radius 3 is 2.47 bits per heavy atom. The lowest BCUT2D eigenvalue weighted by atomic mass is 9.87. The molecule has 1 aromatic rings. The van der Waals surface area contributed by atoms with Crippen molar-refractivity contribution < 1.29 is 15.0 Å². The van der Waals surface area contributed by atoms with Crippen LogP contribution in [0.5, 0.6) is 0 Å². The van der Waals surface area contributed by atoms with E-state index in [-0.39, 0.29) is 12.3 Å². The van der Waals surface area contributed by atoms with Gasteiger partial charge in [0.1, 0.15) is 0 Å². The van der Waals surface area contributed by atoms with Crippen molar-refractivity contribution in [2.75, 3.05) is 19.6 Å². The van der Waals surface area contributed by atoms with Gasteiger partial charge in [-0.1, -0.05) is 30.3 Å². The van der Waals surface area contributed by atoms with Gasteiger partial charge in [-0.2, -0.15) is 0 Å². The van der Waals surface area contributed by atoms with Crippen molar-refractivity contribution in [1.29, 1.82) is 0 Å². The van der Waals surface area contributed by atoms with Crippen LogP contribution in [0.2, 0.25) is 0 Å². The molecule has 1 saturated heterocycles. The van der Waals surface area contributed by atoms with Crippen molar-refractivity contribution >= 4 is 5.97 Å². The molecule has 104 valence electrons. The lowest BCUT2D eigenvalue weighted by molar-refractivity contribution is -0.137. The van der Waals surface area contributed by atoms with Crippen LogP contribution in [0.4, 0.5) is 0 Å². The van der Waals surface area contributed by atoms with E-state index in [4.69, 9.17) is 5.11 Å². The van der Waals surface area contributed by atoms with Gasteiger partial charge in [-0.25, -0.2) is 0 Å². The number of carboxylic acids is 1. The summed E-state index contributed by atoms with van der Waals surface area (Å²) in [5.74, 6) is -0.463. The van der Waals surface area contributed by atoms with Crippen molar-refractivity contribution in [2.45, 2.75) is 25.4 Å². The highest BCUT2D eigenvalue weighted by Gasteiger charge is 2.26. The molecule has 0 saturated carbocycles. The summed E-state index contributed by atoms with van der Waals surface area (Å²) in [6.07, 6.45) is 1.65. The minimum absolute atomic E-state index is 0.200. The molecular formula is C15H21NO3. The predicted octanol–water partition coefficient (Wildman–Crippen LogP) is 1.91. The molecule has 0 spiro atoms. The third-order valence-electron chi connectivity index (χ3n) is 3.86. The van der Waals surface area contributed by atoms with Gasteiger partial charge in [0, 0.05) is 6.54 Å². The van der Waals surface area contributed by atoms with E-state index in [2.05, 4.69) is 4.90 Å². The highest BCUT2D eigenvalue weighted by Crippen LogP contribution is 2.30. The largest absolute Gasteiger partial charge is 0.481 e. The third-order valence-corrected chi connectivity index (χ3v) is 3.86. The lowest BCUT2D eigenvalue weighted by Crippen LogP contribution is -2.36. The van der Waals surface area contributed by atoms with Gasteiger partial charge < -0.3 is 15.1 Å². The first-order valence-corrected chi connectivity index (χ1v) is 6.84. The summed E-state index contributed by atoms with van der Waals surface area (Å²) in [6, 6.07) is 9.76. The van der Waals surface area contributed by atoms with E-state index in [1.54, 1.807) is 0 Å². The molecule has 0 bridgehead atoms. The summed E-state index contributed by atoms with van der Waals surface area (Å²) < 4.78 is 0. The van der Waals surface area contributed by atoms with Gasteiger partial charge in [-0.05, 0) is 37.4 Å². The Morgan fingerprint density at radius 2 is 1.89 bits per heavy atom. The first kappa shape index (κ1) is 14.0. The molecule has 1 aliphatic rings. The summed E-state index contributed by atoms with van der Waals surface area (Å²) in [5, 5.41) is 19.0. The Kier molecular flexibility index (Phi) is 4.93. The van der Waals surface area contributed by atoms with Crippen molar-refractivity contribution in [1.82, 2.24) is 4.90 Å². The fourth-order valence-corrected chi connectivity index (χ4v) is 2.67. The van der Waals surface area contributed by atoms with Crippen LogP contribution >= 0.6 is 0 Å². The van der Waals surface area contributed by atoms with Gasteiger partial charge in [-0.15, -0.1) is 0 Å². The van der Waals surface area contributed by atoms with E-state index in [9.17, 15) is 9.90 Å². The van der Waals surface area contributed by atoms with E-state index < -0.39 is 12.1 Å². The molecule has 1 aromatic carbocycles. The molecule has 2 rings (SSSR count). The molecule has 0 aromatic heterocycles. The number of carbonyl (C=O) groups is 1. The second-order valence-electron chi connectivity index (χ2n) is 5.18. The average Bonchev–Trinajstić information content (AvgIpc) is 2.46. The fraction of sp³-hybridized carbons (Fsp3) is 0.533. The fourth-order valence-electron chi connectivity index (χ4n) is 2.67. The lowest BCUT2D eigenvalue weighted by Gasteiger charge is -2.34. The van der Waals surface area contributed by atoms with Crippen LogP contribution in [0.1, 0.15) is 30.9 Å². The van der Waals surface area contributed by atoms with Crippen LogP contribution in [0, 0.1) is 5.92 Å². The minimum atomic E-state index is -0.744. The molecule has 1 aliphatic heterocycles. The number of benzene rings is 1. The number of piperidine rings is 1. The summed E-state index contributed by atoms with van der Waals surface area (Å²) in [4.78, 5) is 12.7. The van der Waals surface area contributed by atoms with Crippen molar-refractivity contribution in [2.24, 2.45) is 5.92 Å². The SMILES string of the molecule is O=C(O)CCN1CCC(C(O)c2ccccc2)CC1. The molecule has 4 nitrogen and oxygen atoms in total. The standard InChI is InChI=1S/C15H21NO3/c17-14(18)8-11-16-9-6-13(7-10-16)15(19)12-4-2-1-3-5-12/h1-5,13,15,19H,6-11H2,(H,17,18). The normalized spacial score (nSPS) is 19.2. The Hall–Kier alpha value is -1.39. The number of aliphatic hydroxyl groups is 1. The number of nitrogens with zero attached hydrogens (tertiary/aromatic N) is 1. The Bertz CT molecular complexity index is 399. The second-order valence-corrected chi connectivity index (χ2v) is 5.18. The molecule has 2 N–H and O–H groups in total. The Balaban J connectivity index is 1.81. The average molecular weight is 263 g/mol. The number of likely N-dealkylation sites (tertiary alicyclic amines) is 1. The molecule has 0 amide bonds. The number of aliphatic hydroxyl groups excluding tert-OH is 1. The molecule has 1 atom stereocenters. The summed E-state index contributed by atoms with van der Waals surface area (Å²) in [5.41, 5.74) is 0.978. The van der Waals surface area contributed by atoms with E-state index in [0.717, 1.165) is 31.5 Å². The maximum atomic E-state index is 10.5. The van der Waals surface area contributed by atoms with Crippen molar-refractivity contribution in [3.8, 4) is 0 Å². The topological polar surface area (TPSA) is 60.8 Å². The third kappa shape index (κ3) is 4.04. The van der Waals surface area contributed by atoms with Crippen molar-refractivity contribution in [3.05, 3.63) is 35.9 Å². The Morgan fingerprint density at radius 1 is 1.26 bits per heavy atom. The predicted molar refractivity (Wildman–Crippen MR) is 72.8 cm³/mol. The van der Waals surface area contributed by atoms with Gasteiger partial charge in [0.2, 0.25) is 0 Å². The molecule has 4 heteroatoms. The minimum Gasteiger partial charge on any atom is -0.481 e. The number of carboxylic acid groups (broad SMARTS) is 1. The van der Waals surface area contributed by atoms with Gasteiger partial charge in [-0.3, -0.25) is 4.79 Å². The molecule has 1 heterocycles. The first-order valence-electron chi connectivity index (χ1n) is 6.84. The summed E-state index contributed by atoms with van der Waals surface area (Å²) >= 11 is 0. The molecule has 0 radical (unpaired) electrons. The molecule has 0 aliphatic carbocycles. The number of rotatable bonds is 5. The number of aliphatic carboxylic acids is 1. The van der Waals surface area contributed by atoms with Crippen LogP contribution in [0.3, 0.4) is 0 Å². The van der Waals surface area contributed by atoms with E-state index in [0.29, 0.717) is 6.54 Å². The number of hydrogen-bond donors (Lipinski definition) is 2. The van der Waals surface area contributed by atoms with Crippen LogP contribution in [0.15, 0.2) is 30.3 Å². The summed E-state index contributed by atoms with van der Waals surface area (Å²) in [6.45, 7) is 2.37. The smallest absolute Gasteiger partial charge is 0.304 e. The monoisotopic (exact) mass is 263 g/mol. The van der Waals surface area contributed by atoms with Gasteiger partial charge >= 0.3 is 5.97 Å². The summed E-state index contributed by atoms with van der Waals surface area (Å²) in [7, 11) is 0. The first-order chi connectivity index (χ1) is 9.16. The molecule has 1 fully saturated rings. The van der Waals surface area contributed by atoms with E-state index in [1.807, 2.05) is 30.3 Å². The highest BCUT2D eigenvalue weighted by molar-refractivity contribution is 5.66. The zero-order valence-electron chi connectivity index (χ0n) is 11.0. The van der Waals surface area contributed by atoms with Crippen molar-refractivity contribution in [3.63, 3.8) is 0 Å². The van der Waals surface area contributed by atoms with Crippen LogP contribution in [0.25, 0.3) is 0 Å². The van der Waals surface area contributed by atoms with Crippen LogP contribution in [-0.2, 0) is 4.79 Å². The van der Waals surface area contributed by atoms with E-state index in [1.165, 1.54) is 0 Å². The van der Waals surface area contributed by atoms with Crippen LogP contribution in [-0.4, -0.2) is 40.7 Å². The molecular weight excluding hydrogens is 242 g/mol. The second kappa shape index (κ2) is 6.68. The molecule has 1 unspecified atom stereocenters.